The van der Waals surface area contributed by atoms with Gasteiger partial charge < -0.3 is 13.6 Å². The topological polar surface area (TPSA) is 51.1 Å². The lowest BCUT2D eigenvalue weighted by atomic mass is 10.0. The summed E-state index contributed by atoms with van der Waals surface area (Å²) in [6, 6.07) is 51.8. The number of benzene rings is 7. The molecule has 3 aromatic heterocycles. The monoisotopic (exact) mass is 624 g/mol. The number of furan rings is 1. The smallest absolute Gasteiger partial charge is 0.210 e. The minimum atomic E-state index is 0.572. The number of fused-ring (bicyclic) bond motifs is 10. The van der Waals surface area contributed by atoms with Crippen LogP contribution >= 0.6 is 0 Å². The van der Waals surface area contributed by atoms with Crippen molar-refractivity contribution in [3.05, 3.63) is 163 Å². The van der Waals surface area contributed by atoms with Gasteiger partial charge in [0, 0.05) is 32.3 Å². The molecule has 0 unspecified atom stereocenters. The molecule has 0 aliphatic carbocycles. The molecule has 49 heavy (non-hydrogen) atoms. The average molecular weight is 625 g/mol. The quantitative estimate of drug-likeness (QED) is 0.184. The van der Waals surface area contributed by atoms with Crippen molar-refractivity contribution in [2.45, 2.75) is 0 Å². The van der Waals surface area contributed by atoms with E-state index in [4.69, 9.17) is 11.0 Å². The van der Waals surface area contributed by atoms with E-state index >= 15 is 0 Å². The number of nitrogens with zero attached hydrogens (tertiary/aromatic N) is 4. The molecule has 10 rings (SSSR count). The number of aromatic nitrogens is 2. The summed E-state index contributed by atoms with van der Waals surface area (Å²) in [6.45, 7) is 8.08. The molecule has 0 saturated heterocycles. The zero-order chi connectivity index (χ0) is 32.6. The average Bonchev–Trinajstić information content (AvgIpc) is 3.82. The predicted molar refractivity (Wildman–Crippen MR) is 199 cm³/mol. The van der Waals surface area contributed by atoms with Gasteiger partial charge in [-0.1, -0.05) is 91.0 Å². The van der Waals surface area contributed by atoms with E-state index in [0.29, 0.717) is 11.3 Å². The van der Waals surface area contributed by atoms with Gasteiger partial charge in [0.25, 0.3) is 0 Å². The van der Waals surface area contributed by atoms with Crippen LogP contribution in [-0.4, -0.2) is 9.13 Å². The molecule has 0 saturated carbocycles. The molecular weight excluding hydrogens is 601 g/mol. The van der Waals surface area contributed by atoms with Crippen molar-refractivity contribution in [1.82, 2.24) is 9.13 Å². The van der Waals surface area contributed by atoms with Crippen LogP contribution in [0.2, 0.25) is 0 Å². The molecule has 5 nitrogen and oxygen atoms in total. The Balaban J connectivity index is 1.24. The van der Waals surface area contributed by atoms with Crippen molar-refractivity contribution in [2.75, 3.05) is 0 Å². The third-order valence-electron chi connectivity index (χ3n) is 9.79. The molecule has 10 aromatic rings. The van der Waals surface area contributed by atoms with Crippen LogP contribution < -0.4 is 0 Å². The first-order valence-corrected chi connectivity index (χ1v) is 16.1. The lowest BCUT2D eigenvalue weighted by Crippen LogP contribution is -1.99. The molecule has 3 heterocycles. The van der Waals surface area contributed by atoms with Crippen LogP contribution in [-0.2, 0) is 0 Å². The van der Waals surface area contributed by atoms with Gasteiger partial charge in [0.1, 0.15) is 17.2 Å². The molecule has 0 radical (unpaired) electrons. The summed E-state index contributed by atoms with van der Waals surface area (Å²) in [5.41, 5.74) is 10.5. The fourth-order valence-corrected chi connectivity index (χ4v) is 7.68. The van der Waals surface area contributed by atoms with Crippen LogP contribution in [0.15, 0.2) is 150 Å². The first kappa shape index (κ1) is 27.1. The van der Waals surface area contributed by atoms with E-state index in [9.17, 15) is 5.26 Å². The van der Waals surface area contributed by atoms with Gasteiger partial charge in [0.05, 0.1) is 45.6 Å². The standard InChI is InChI=1S/C44H24N4O/c1-46-34-21-20-28(25-40(34)47-35-14-6-2-10-30(35)31-11-3-7-15-36(31)47)27-18-19-29(26-45)39(24-27)48-37-16-8-4-12-32(37)43-38(48)22-23-42-44(43)33-13-5-9-17-41(33)49-42/h2-25H. The van der Waals surface area contributed by atoms with E-state index in [1.165, 1.54) is 0 Å². The normalized spacial score (nSPS) is 11.6. The Morgan fingerprint density at radius 1 is 0.510 bits per heavy atom. The Kier molecular flexibility index (Phi) is 5.64. The first-order valence-electron chi connectivity index (χ1n) is 16.1. The summed E-state index contributed by atoms with van der Waals surface area (Å²) in [7, 11) is 0. The van der Waals surface area contributed by atoms with Crippen molar-refractivity contribution < 1.29 is 4.42 Å². The highest BCUT2D eigenvalue weighted by Gasteiger charge is 2.21. The van der Waals surface area contributed by atoms with Crippen molar-refractivity contribution in [2.24, 2.45) is 0 Å². The maximum absolute atomic E-state index is 10.4. The van der Waals surface area contributed by atoms with Gasteiger partial charge in [-0.05, 0) is 65.7 Å². The van der Waals surface area contributed by atoms with Gasteiger partial charge in [-0.25, -0.2) is 4.85 Å². The number of rotatable bonds is 3. The first-order chi connectivity index (χ1) is 24.2. The molecule has 5 heteroatoms. The van der Waals surface area contributed by atoms with Crippen LogP contribution in [0.4, 0.5) is 5.69 Å². The molecule has 0 atom stereocenters. The molecule has 7 aromatic carbocycles. The summed E-state index contributed by atoms with van der Waals surface area (Å²) in [4.78, 5) is 3.95. The summed E-state index contributed by atoms with van der Waals surface area (Å²) in [5, 5.41) is 17.1. The lowest BCUT2D eigenvalue weighted by molar-refractivity contribution is 0.669. The van der Waals surface area contributed by atoms with Gasteiger partial charge in [-0.3, -0.25) is 0 Å². The predicted octanol–water partition coefficient (Wildman–Crippen LogP) is 11.9. The minimum absolute atomic E-state index is 0.572. The lowest BCUT2D eigenvalue weighted by Gasteiger charge is -2.15. The maximum Gasteiger partial charge on any atom is 0.210 e. The van der Waals surface area contributed by atoms with E-state index in [1.807, 2.05) is 66.7 Å². The van der Waals surface area contributed by atoms with Gasteiger partial charge in [-0.15, -0.1) is 0 Å². The van der Waals surface area contributed by atoms with Crippen molar-refractivity contribution in [1.29, 1.82) is 5.26 Å². The van der Waals surface area contributed by atoms with Crippen LogP contribution in [0.3, 0.4) is 0 Å². The van der Waals surface area contributed by atoms with Crippen LogP contribution in [0.25, 0.3) is 92.9 Å². The fraction of sp³-hybridized carbons (Fsp3) is 0. The molecule has 0 aliphatic heterocycles. The van der Waals surface area contributed by atoms with Crippen molar-refractivity contribution in [3.63, 3.8) is 0 Å². The van der Waals surface area contributed by atoms with E-state index in [0.717, 1.165) is 88.1 Å². The summed E-state index contributed by atoms with van der Waals surface area (Å²) in [5.74, 6) is 0. The fourth-order valence-electron chi connectivity index (χ4n) is 7.68. The van der Waals surface area contributed by atoms with Crippen molar-refractivity contribution >= 4 is 71.2 Å². The highest BCUT2D eigenvalue weighted by Crippen LogP contribution is 2.43. The molecule has 0 bridgehead atoms. The third kappa shape index (κ3) is 3.79. The minimum Gasteiger partial charge on any atom is -0.456 e. The zero-order valence-electron chi connectivity index (χ0n) is 26.1. The van der Waals surface area contributed by atoms with Gasteiger partial charge in [0.15, 0.2) is 0 Å². The van der Waals surface area contributed by atoms with E-state index < -0.39 is 0 Å². The van der Waals surface area contributed by atoms with Gasteiger partial charge in [0.2, 0.25) is 5.69 Å². The SMILES string of the molecule is [C-]#[N+]c1ccc(-c2ccc(C#N)c(-n3c4ccccc4c4c5c(ccc43)oc3ccccc35)c2)cc1-n1c2ccccc2c2ccccc21. The van der Waals surface area contributed by atoms with Crippen LogP contribution in [0.1, 0.15) is 5.56 Å². The van der Waals surface area contributed by atoms with E-state index in [2.05, 4.69) is 98.9 Å². The maximum atomic E-state index is 10.4. The number of hydrogen-bond donors (Lipinski definition) is 0. The second kappa shape index (κ2) is 10.2. The number of nitriles is 1. The Morgan fingerprint density at radius 2 is 1.08 bits per heavy atom. The van der Waals surface area contributed by atoms with E-state index in [1.54, 1.807) is 0 Å². The zero-order valence-corrected chi connectivity index (χ0v) is 26.1. The van der Waals surface area contributed by atoms with Gasteiger partial charge in [-0.2, -0.15) is 5.26 Å². The molecule has 0 N–H and O–H groups in total. The van der Waals surface area contributed by atoms with Crippen LogP contribution in [0.5, 0.6) is 0 Å². The Labute approximate surface area is 280 Å². The summed E-state index contributed by atoms with van der Waals surface area (Å²) in [6.07, 6.45) is 0. The number of hydrogen-bond acceptors (Lipinski definition) is 2. The van der Waals surface area contributed by atoms with Crippen molar-refractivity contribution in [3.8, 4) is 28.6 Å². The molecule has 0 amide bonds. The largest absolute Gasteiger partial charge is 0.456 e. The highest BCUT2D eigenvalue weighted by atomic mass is 16.3. The Hall–Kier alpha value is -7.08. The molecular formula is C44H24N4O. The Bertz CT molecular complexity index is 3030. The molecule has 0 aliphatic rings. The highest BCUT2D eigenvalue weighted by molar-refractivity contribution is 6.27. The third-order valence-corrected chi connectivity index (χ3v) is 9.79. The second-order valence-corrected chi connectivity index (χ2v) is 12.3. The van der Waals surface area contributed by atoms with E-state index in [-0.39, 0.29) is 0 Å². The summed E-state index contributed by atoms with van der Waals surface area (Å²) >= 11 is 0. The van der Waals surface area contributed by atoms with Gasteiger partial charge >= 0.3 is 0 Å². The molecule has 0 fully saturated rings. The second-order valence-electron chi connectivity index (χ2n) is 12.3. The molecule has 0 spiro atoms. The Morgan fingerprint density at radius 3 is 1.78 bits per heavy atom. The van der Waals surface area contributed by atoms with Crippen LogP contribution in [0, 0.1) is 17.9 Å². The summed E-state index contributed by atoms with van der Waals surface area (Å²) < 4.78 is 10.7. The molecule has 226 valence electrons. The number of para-hydroxylation sites is 4.